The van der Waals surface area contributed by atoms with Crippen molar-refractivity contribution < 1.29 is 0 Å². The van der Waals surface area contributed by atoms with Crippen LogP contribution in [0.5, 0.6) is 0 Å². The molecule has 31 heavy (non-hydrogen) atoms. The molecule has 4 N–H and O–H groups in total. The van der Waals surface area contributed by atoms with Crippen molar-refractivity contribution >= 4 is 23.0 Å². The van der Waals surface area contributed by atoms with E-state index in [2.05, 4.69) is 44.2 Å². The molecule has 0 fully saturated rings. The summed E-state index contributed by atoms with van der Waals surface area (Å²) in [5.74, 6) is 0.795. The fourth-order valence-corrected chi connectivity index (χ4v) is 3.03. The third kappa shape index (κ3) is 5.39. The van der Waals surface area contributed by atoms with Gasteiger partial charge in [-0.25, -0.2) is 9.98 Å². The van der Waals surface area contributed by atoms with Crippen molar-refractivity contribution in [1.82, 2.24) is 9.97 Å². The van der Waals surface area contributed by atoms with E-state index in [-0.39, 0.29) is 0 Å². The maximum absolute atomic E-state index is 6.04. The van der Waals surface area contributed by atoms with Gasteiger partial charge in [0.15, 0.2) is 0 Å². The molecule has 2 aromatic heterocycles. The van der Waals surface area contributed by atoms with Gasteiger partial charge < -0.3 is 11.5 Å². The lowest BCUT2D eigenvalue weighted by Gasteiger charge is -2.05. The van der Waals surface area contributed by atoms with Gasteiger partial charge in [-0.3, -0.25) is 9.97 Å². The fourth-order valence-electron chi connectivity index (χ4n) is 3.03. The van der Waals surface area contributed by atoms with Crippen molar-refractivity contribution in [3.8, 4) is 0 Å². The molecule has 0 radical (unpaired) electrons. The third-order valence-corrected chi connectivity index (χ3v) is 4.63. The summed E-state index contributed by atoms with van der Waals surface area (Å²) in [5, 5.41) is 0. The van der Waals surface area contributed by atoms with Crippen LogP contribution in [-0.4, -0.2) is 21.6 Å². The lowest BCUT2D eigenvalue weighted by Crippen LogP contribution is -2.14. The van der Waals surface area contributed by atoms with E-state index in [1.54, 1.807) is 12.4 Å². The lowest BCUT2D eigenvalue weighted by atomic mass is 10.0. The van der Waals surface area contributed by atoms with Crippen molar-refractivity contribution in [2.24, 2.45) is 21.5 Å². The predicted molar refractivity (Wildman–Crippen MR) is 125 cm³/mol. The molecule has 0 aliphatic rings. The van der Waals surface area contributed by atoms with Gasteiger partial charge in [0, 0.05) is 12.4 Å². The first kappa shape index (κ1) is 20.0. The summed E-state index contributed by atoms with van der Waals surface area (Å²) in [7, 11) is 0. The van der Waals surface area contributed by atoms with Gasteiger partial charge in [0.1, 0.15) is 23.1 Å². The second-order valence-corrected chi connectivity index (χ2v) is 6.93. The summed E-state index contributed by atoms with van der Waals surface area (Å²) in [5.41, 5.74) is 17.4. The van der Waals surface area contributed by atoms with Crippen LogP contribution in [0.4, 0.5) is 11.4 Å². The molecule has 0 saturated carbocycles. The summed E-state index contributed by atoms with van der Waals surface area (Å²) < 4.78 is 0. The Hall–Kier alpha value is -4.32. The van der Waals surface area contributed by atoms with Crippen LogP contribution in [0, 0.1) is 0 Å². The molecule has 0 spiro atoms. The first-order chi connectivity index (χ1) is 15.2. The minimum atomic E-state index is 0.398. The topological polar surface area (TPSA) is 103 Å². The SMILES string of the molecule is NC(=Nc1ccc(Cc2ccc(N=C(N)c3ccccn3)cc2)cc1)c1ccccn1. The van der Waals surface area contributed by atoms with Crippen LogP contribution in [0.3, 0.4) is 0 Å². The van der Waals surface area contributed by atoms with E-state index >= 15 is 0 Å². The molecule has 4 rings (SSSR count). The number of aliphatic imine (C=N–C) groups is 2. The minimum Gasteiger partial charge on any atom is -0.382 e. The Labute approximate surface area is 181 Å². The molecule has 0 bridgehead atoms. The quantitative estimate of drug-likeness (QED) is 0.371. The molecular formula is C25H22N6. The second-order valence-electron chi connectivity index (χ2n) is 6.93. The normalized spacial score (nSPS) is 12.0. The van der Waals surface area contributed by atoms with Gasteiger partial charge in [-0.2, -0.15) is 0 Å². The highest BCUT2D eigenvalue weighted by molar-refractivity contribution is 5.97. The van der Waals surface area contributed by atoms with E-state index < -0.39 is 0 Å². The molecule has 0 amide bonds. The van der Waals surface area contributed by atoms with Crippen molar-refractivity contribution in [2.45, 2.75) is 6.42 Å². The van der Waals surface area contributed by atoms with Crippen LogP contribution in [-0.2, 0) is 6.42 Å². The Morgan fingerprint density at radius 3 is 1.35 bits per heavy atom. The number of nitrogens with two attached hydrogens (primary N) is 2. The standard InChI is InChI=1S/C25H22N6/c26-24(22-5-1-3-15-28-22)30-20-11-7-18(8-12-20)17-19-9-13-21(14-10-19)31-25(27)23-6-2-4-16-29-23/h1-16H,17H2,(H2,26,30)(H2,27,31). The monoisotopic (exact) mass is 406 g/mol. The molecule has 2 heterocycles. The summed E-state index contributed by atoms with van der Waals surface area (Å²) in [4.78, 5) is 17.3. The Balaban J connectivity index is 1.42. The highest BCUT2D eigenvalue weighted by Crippen LogP contribution is 2.19. The third-order valence-electron chi connectivity index (χ3n) is 4.63. The van der Waals surface area contributed by atoms with Crippen molar-refractivity contribution in [3.05, 3.63) is 120 Å². The van der Waals surface area contributed by atoms with Crippen molar-refractivity contribution in [2.75, 3.05) is 0 Å². The highest BCUT2D eigenvalue weighted by Gasteiger charge is 2.02. The van der Waals surface area contributed by atoms with E-state index in [1.165, 1.54) is 11.1 Å². The zero-order chi connectivity index (χ0) is 21.5. The highest BCUT2D eigenvalue weighted by atomic mass is 14.9. The zero-order valence-corrected chi connectivity index (χ0v) is 16.9. The summed E-state index contributed by atoms with van der Waals surface area (Å²) in [6.07, 6.45) is 4.20. The lowest BCUT2D eigenvalue weighted by molar-refractivity contribution is 1.19. The number of benzene rings is 2. The Morgan fingerprint density at radius 1 is 0.581 bits per heavy atom. The number of nitrogens with zero attached hydrogens (tertiary/aromatic N) is 4. The number of rotatable bonds is 6. The minimum absolute atomic E-state index is 0.398. The molecule has 0 unspecified atom stereocenters. The largest absolute Gasteiger partial charge is 0.382 e. The average Bonchev–Trinajstić information content (AvgIpc) is 2.82. The van der Waals surface area contributed by atoms with Gasteiger partial charge in [-0.15, -0.1) is 0 Å². The number of hydrogen-bond acceptors (Lipinski definition) is 4. The number of pyridine rings is 2. The first-order valence-electron chi connectivity index (χ1n) is 9.86. The van der Waals surface area contributed by atoms with Gasteiger partial charge >= 0.3 is 0 Å². The Kier molecular flexibility index (Phi) is 6.09. The van der Waals surface area contributed by atoms with E-state index in [0.29, 0.717) is 23.1 Å². The smallest absolute Gasteiger partial charge is 0.150 e. The van der Waals surface area contributed by atoms with Crippen LogP contribution >= 0.6 is 0 Å². The van der Waals surface area contributed by atoms with E-state index in [4.69, 9.17) is 11.5 Å². The molecule has 2 aromatic carbocycles. The summed E-state index contributed by atoms with van der Waals surface area (Å²) >= 11 is 0. The van der Waals surface area contributed by atoms with E-state index in [0.717, 1.165) is 17.8 Å². The van der Waals surface area contributed by atoms with Crippen molar-refractivity contribution in [3.63, 3.8) is 0 Å². The molecular weight excluding hydrogens is 384 g/mol. The Bertz CT molecular complexity index is 1090. The molecule has 4 aromatic rings. The number of hydrogen-bond donors (Lipinski definition) is 2. The van der Waals surface area contributed by atoms with Crippen LogP contribution in [0.15, 0.2) is 107 Å². The van der Waals surface area contributed by atoms with Crippen LogP contribution < -0.4 is 11.5 Å². The van der Waals surface area contributed by atoms with Crippen LogP contribution in [0.2, 0.25) is 0 Å². The maximum atomic E-state index is 6.04. The predicted octanol–water partition coefficient (Wildman–Crippen LogP) is 4.14. The van der Waals surface area contributed by atoms with Gasteiger partial charge in [-0.05, 0) is 66.1 Å². The summed E-state index contributed by atoms with van der Waals surface area (Å²) in [6.45, 7) is 0. The maximum Gasteiger partial charge on any atom is 0.150 e. The van der Waals surface area contributed by atoms with E-state index in [1.807, 2.05) is 60.7 Å². The molecule has 0 aliphatic heterocycles. The molecule has 0 atom stereocenters. The van der Waals surface area contributed by atoms with Crippen molar-refractivity contribution in [1.29, 1.82) is 0 Å². The molecule has 0 aliphatic carbocycles. The number of amidine groups is 2. The van der Waals surface area contributed by atoms with Gasteiger partial charge in [0.2, 0.25) is 0 Å². The van der Waals surface area contributed by atoms with Crippen LogP contribution in [0.25, 0.3) is 0 Å². The summed E-state index contributed by atoms with van der Waals surface area (Å²) in [6, 6.07) is 27.2. The second kappa shape index (κ2) is 9.45. The van der Waals surface area contributed by atoms with Gasteiger partial charge in [0.25, 0.3) is 0 Å². The van der Waals surface area contributed by atoms with Gasteiger partial charge in [0.05, 0.1) is 11.4 Å². The Morgan fingerprint density at radius 2 is 1.00 bits per heavy atom. The van der Waals surface area contributed by atoms with Gasteiger partial charge in [-0.1, -0.05) is 36.4 Å². The fraction of sp³-hybridized carbons (Fsp3) is 0.0400. The van der Waals surface area contributed by atoms with Crippen LogP contribution in [0.1, 0.15) is 22.5 Å². The molecule has 0 saturated heterocycles. The number of aromatic nitrogens is 2. The van der Waals surface area contributed by atoms with E-state index in [9.17, 15) is 0 Å². The molecule has 152 valence electrons. The first-order valence-corrected chi connectivity index (χ1v) is 9.86. The average molecular weight is 406 g/mol. The molecule has 6 nitrogen and oxygen atoms in total. The zero-order valence-electron chi connectivity index (χ0n) is 16.9. The molecule has 6 heteroatoms.